The summed E-state index contributed by atoms with van der Waals surface area (Å²) < 4.78 is 12.6. The molecule has 1 aromatic carbocycles. The van der Waals surface area contributed by atoms with Crippen molar-refractivity contribution >= 4 is 11.6 Å². The zero-order chi connectivity index (χ0) is 9.14. The highest BCUT2D eigenvalue weighted by molar-refractivity contribution is 6.30. The Morgan fingerprint density at radius 2 is 2.25 bits per heavy atom. The molecular formula is C9H6ClFO. The van der Waals surface area contributed by atoms with Crippen molar-refractivity contribution in [1.29, 1.82) is 0 Å². The van der Waals surface area contributed by atoms with Crippen LogP contribution in [0.1, 0.15) is 11.7 Å². The van der Waals surface area contributed by atoms with E-state index in [2.05, 4.69) is 5.92 Å². The van der Waals surface area contributed by atoms with Gasteiger partial charge in [0.2, 0.25) is 0 Å². The molecule has 1 atom stereocenters. The Morgan fingerprint density at radius 1 is 1.58 bits per heavy atom. The van der Waals surface area contributed by atoms with Gasteiger partial charge in [0, 0.05) is 0 Å². The van der Waals surface area contributed by atoms with Crippen LogP contribution < -0.4 is 0 Å². The number of hydrogen-bond donors (Lipinski definition) is 1. The third-order valence-electron chi connectivity index (χ3n) is 1.42. The number of terminal acetylenes is 1. The number of aliphatic hydroxyl groups is 1. The van der Waals surface area contributed by atoms with Crippen molar-refractivity contribution in [2.75, 3.05) is 0 Å². The van der Waals surface area contributed by atoms with Crippen molar-refractivity contribution in [1.82, 2.24) is 0 Å². The Labute approximate surface area is 74.8 Å². The van der Waals surface area contributed by atoms with Gasteiger partial charge >= 0.3 is 0 Å². The number of halogens is 2. The van der Waals surface area contributed by atoms with E-state index in [-0.39, 0.29) is 5.02 Å². The maximum Gasteiger partial charge on any atom is 0.141 e. The summed E-state index contributed by atoms with van der Waals surface area (Å²) >= 11 is 5.46. The second-order valence-corrected chi connectivity index (χ2v) is 2.65. The molecule has 1 aromatic rings. The van der Waals surface area contributed by atoms with Crippen LogP contribution in [-0.2, 0) is 0 Å². The molecule has 1 rings (SSSR count). The summed E-state index contributed by atoms with van der Waals surface area (Å²) in [6.07, 6.45) is 3.93. The summed E-state index contributed by atoms with van der Waals surface area (Å²) in [5.74, 6) is 1.58. The van der Waals surface area contributed by atoms with Crippen LogP contribution in [0.4, 0.5) is 4.39 Å². The average Bonchev–Trinajstić information content (AvgIpc) is 2.08. The predicted molar refractivity (Wildman–Crippen MR) is 45.2 cm³/mol. The topological polar surface area (TPSA) is 20.2 Å². The maximum absolute atomic E-state index is 12.6. The Hall–Kier alpha value is -1.04. The van der Waals surface area contributed by atoms with E-state index in [0.29, 0.717) is 5.56 Å². The van der Waals surface area contributed by atoms with Crippen LogP contribution in [0, 0.1) is 18.2 Å². The molecule has 1 N–H and O–H groups in total. The predicted octanol–water partition coefficient (Wildman–Crippen LogP) is 2.15. The Morgan fingerprint density at radius 3 is 2.75 bits per heavy atom. The van der Waals surface area contributed by atoms with E-state index >= 15 is 0 Å². The summed E-state index contributed by atoms with van der Waals surface area (Å²) in [6.45, 7) is 0. The van der Waals surface area contributed by atoms with Gasteiger partial charge in [-0.2, -0.15) is 0 Å². The Kier molecular flexibility index (Phi) is 2.69. The van der Waals surface area contributed by atoms with E-state index in [9.17, 15) is 4.39 Å². The molecular weight excluding hydrogens is 179 g/mol. The van der Waals surface area contributed by atoms with E-state index in [1.54, 1.807) is 0 Å². The third kappa shape index (κ3) is 1.76. The quantitative estimate of drug-likeness (QED) is 0.663. The van der Waals surface area contributed by atoms with Crippen molar-refractivity contribution in [3.05, 3.63) is 34.6 Å². The molecule has 0 aromatic heterocycles. The minimum absolute atomic E-state index is 0.0400. The highest BCUT2D eigenvalue weighted by Gasteiger charge is 2.06. The van der Waals surface area contributed by atoms with Crippen LogP contribution in [0.25, 0.3) is 0 Å². The molecule has 3 heteroatoms. The molecule has 0 bridgehead atoms. The van der Waals surface area contributed by atoms with Gasteiger partial charge in [-0.15, -0.1) is 6.42 Å². The Bertz CT molecular complexity index is 330. The lowest BCUT2D eigenvalue weighted by Gasteiger charge is -2.03. The number of aliphatic hydroxyl groups excluding tert-OH is 1. The molecule has 0 aliphatic heterocycles. The van der Waals surface area contributed by atoms with Crippen molar-refractivity contribution in [3.8, 4) is 12.3 Å². The van der Waals surface area contributed by atoms with E-state index in [0.717, 1.165) is 6.07 Å². The standard InChI is InChI=1S/C9H6ClFO/c1-2-9(12)6-3-4-8(11)7(10)5-6/h1,3-5,9,12H/t9-/m1/s1. The lowest BCUT2D eigenvalue weighted by atomic mass is 10.1. The van der Waals surface area contributed by atoms with Gasteiger partial charge in [0.05, 0.1) is 5.02 Å². The Balaban J connectivity index is 3.06. The van der Waals surface area contributed by atoms with Crippen LogP contribution in [0.15, 0.2) is 18.2 Å². The first-order chi connectivity index (χ1) is 5.65. The largest absolute Gasteiger partial charge is 0.376 e. The van der Waals surface area contributed by atoms with E-state index < -0.39 is 11.9 Å². The van der Waals surface area contributed by atoms with Crippen LogP contribution in [-0.4, -0.2) is 5.11 Å². The summed E-state index contributed by atoms with van der Waals surface area (Å²) in [4.78, 5) is 0. The smallest absolute Gasteiger partial charge is 0.141 e. The van der Waals surface area contributed by atoms with Gasteiger partial charge < -0.3 is 5.11 Å². The summed E-state index contributed by atoms with van der Waals surface area (Å²) in [7, 11) is 0. The molecule has 0 aliphatic carbocycles. The minimum atomic E-state index is -1.02. The van der Waals surface area contributed by atoms with Gasteiger partial charge in [0.15, 0.2) is 0 Å². The van der Waals surface area contributed by atoms with Crippen LogP contribution >= 0.6 is 11.6 Å². The number of hydrogen-bond acceptors (Lipinski definition) is 1. The van der Waals surface area contributed by atoms with Gasteiger partial charge in [-0.1, -0.05) is 23.6 Å². The number of benzene rings is 1. The van der Waals surface area contributed by atoms with Gasteiger partial charge in [0.1, 0.15) is 11.9 Å². The molecule has 62 valence electrons. The molecule has 0 aliphatic rings. The highest BCUT2D eigenvalue weighted by Crippen LogP contribution is 2.20. The SMILES string of the molecule is C#C[C@@H](O)c1ccc(F)c(Cl)c1. The molecule has 0 fully saturated rings. The second-order valence-electron chi connectivity index (χ2n) is 2.24. The first-order valence-corrected chi connectivity index (χ1v) is 3.62. The van der Waals surface area contributed by atoms with E-state index in [4.69, 9.17) is 23.1 Å². The van der Waals surface area contributed by atoms with Crippen molar-refractivity contribution < 1.29 is 9.50 Å². The first-order valence-electron chi connectivity index (χ1n) is 3.24. The van der Waals surface area contributed by atoms with Crippen molar-refractivity contribution in [3.63, 3.8) is 0 Å². The van der Waals surface area contributed by atoms with Gasteiger partial charge in [0.25, 0.3) is 0 Å². The third-order valence-corrected chi connectivity index (χ3v) is 1.71. The highest BCUT2D eigenvalue weighted by atomic mass is 35.5. The van der Waals surface area contributed by atoms with Crippen molar-refractivity contribution in [2.24, 2.45) is 0 Å². The zero-order valence-corrected chi connectivity index (χ0v) is 6.85. The lowest BCUT2D eigenvalue weighted by molar-refractivity contribution is 0.238. The van der Waals surface area contributed by atoms with E-state index in [1.807, 2.05) is 0 Å². The lowest BCUT2D eigenvalue weighted by Crippen LogP contribution is -1.93. The molecule has 0 saturated carbocycles. The molecule has 0 radical (unpaired) electrons. The van der Waals surface area contributed by atoms with Crippen LogP contribution in [0.5, 0.6) is 0 Å². The fourth-order valence-electron chi connectivity index (χ4n) is 0.779. The molecule has 0 saturated heterocycles. The second kappa shape index (κ2) is 3.57. The summed E-state index contributed by atoms with van der Waals surface area (Å²) in [5.41, 5.74) is 0.420. The fraction of sp³-hybridized carbons (Fsp3) is 0.111. The normalized spacial score (nSPS) is 12.2. The number of rotatable bonds is 1. The fourth-order valence-corrected chi connectivity index (χ4v) is 0.968. The zero-order valence-electron chi connectivity index (χ0n) is 6.09. The molecule has 0 heterocycles. The average molecular weight is 185 g/mol. The molecule has 0 spiro atoms. The van der Waals surface area contributed by atoms with Gasteiger partial charge in [-0.05, 0) is 17.7 Å². The maximum atomic E-state index is 12.6. The summed E-state index contributed by atoms with van der Waals surface area (Å²) in [5, 5.41) is 9.09. The van der Waals surface area contributed by atoms with Gasteiger partial charge in [-0.3, -0.25) is 0 Å². The van der Waals surface area contributed by atoms with Crippen LogP contribution in [0.2, 0.25) is 5.02 Å². The molecule has 0 amide bonds. The van der Waals surface area contributed by atoms with E-state index in [1.165, 1.54) is 12.1 Å². The first kappa shape index (κ1) is 9.05. The monoisotopic (exact) mass is 184 g/mol. The minimum Gasteiger partial charge on any atom is -0.376 e. The van der Waals surface area contributed by atoms with Crippen molar-refractivity contribution in [2.45, 2.75) is 6.10 Å². The molecule has 1 nitrogen and oxygen atoms in total. The molecule has 12 heavy (non-hydrogen) atoms. The van der Waals surface area contributed by atoms with Crippen LogP contribution in [0.3, 0.4) is 0 Å². The summed E-state index contributed by atoms with van der Waals surface area (Å²) in [6, 6.07) is 3.87. The molecule has 0 unspecified atom stereocenters. The van der Waals surface area contributed by atoms with Gasteiger partial charge in [-0.25, -0.2) is 4.39 Å².